The summed E-state index contributed by atoms with van der Waals surface area (Å²) in [6.45, 7) is 4.19. The Hall–Kier alpha value is -1.95. The van der Waals surface area contributed by atoms with Crippen LogP contribution in [-0.2, 0) is 6.54 Å². The number of aromatic nitrogens is 3. The van der Waals surface area contributed by atoms with Crippen LogP contribution in [-0.4, -0.2) is 14.8 Å². The first-order valence-electron chi connectivity index (χ1n) is 5.66. The highest BCUT2D eigenvalue weighted by Gasteiger charge is 2.09. The van der Waals surface area contributed by atoms with Crippen LogP contribution in [0.5, 0.6) is 11.6 Å². The van der Waals surface area contributed by atoms with Crippen molar-refractivity contribution in [3.05, 3.63) is 36.0 Å². The summed E-state index contributed by atoms with van der Waals surface area (Å²) in [6, 6.07) is 1.56. The molecule has 0 saturated carbocycles. The van der Waals surface area contributed by atoms with E-state index in [2.05, 4.69) is 10.1 Å². The van der Waals surface area contributed by atoms with Gasteiger partial charge in [-0.3, -0.25) is 4.68 Å². The van der Waals surface area contributed by atoms with Gasteiger partial charge in [-0.1, -0.05) is 0 Å². The molecule has 2 N–H and O–H groups in total. The van der Waals surface area contributed by atoms with Gasteiger partial charge >= 0.3 is 0 Å². The van der Waals surface area contributed by atoms with E-state index in [0.717, 1.165) is 6.20 Å². The third-order valence-corrected chi connectivity index (χ3v) is 2.43. The van der Waals surface area contributed by atoms with E-state index in [9.17, 15) is 4.39 Å². The van der Waals surface area contributed by atoms with Crippen LogP contribution in [0.3, 0.4) is 0 Å². The lowest BCUT2D eigenvalue weighted by atomic mass is 10.2. The molecule has 2 heterocycles. The van der Waals surface area contributed by atoms with Crippen LogP contribution in [0, 0.1) is 5.82 Å². The average Bonchev–Trinajstić information content (AvgIpc) is 2.80. The van der Waals surface area contributed by atoms with E-state index < -0.39 is 5.82 Å². The van der Waals surface area contributed by atoms with Crippen molar-refractivity contribution in [2.45, 2.75) is 26.4 Å². The molecule has 96 valence electrons. The fourth-order valence-corrected chi connectivity index (χ4v) is 1.47. The Labute approximate surface area is 104 Å². The van der Waals surface area contributed by atoms with E-state index in [1.54, 1.807) is 17.1 Å². The lowest BCUT2D eigenvalue weighted by Gasteiger charge is -2.07. The van der Waals surface area contributed by atoms with Gasteiger partial charge in [-0.25, -0.2) is 9.37 Å². The maximum absolute atomic E-state index is 13.0. The summed E-state index contributed by atoms with van der Waals surface area (Å²) in [5.41, 5.74) is 6.04. The van der Waals surface area contributed by atoms with Gasteiger partial charge in [0.1, 0.15) is 5.82 Å². The Kier molecular flexibility index (Phi) is 3.57. The Morgan fingerprint density at radius 2 is 2.22 bits per heavy atom. The van der Waals surface area contributed by atoms with Gasteiger partial charge in [0.2, 0.25) is 5.88 Å². The SMILES string of the molecule is CC(C)n1cc(Oc2ncc(F)cc2CN)cn1. The molecule has 0 radical (unpaired) electrons. The third-order valence-electron chi connectivity index (χ3n) is 2.43. The molecule has 6 heteroatoms. The maximum atomic E-state index is 13.0. The second-order valence-corrected chi connectivity index (χ2v) is 4.17. The molecule has 0 saturated heterocycles. The Balaban J connectivity index is 2.22. The van der Waals surface area contributed by atoms with Gasteiger partial charge in [0, 0.05) is 18.2 Å². The molecule has 0 aliphatic rings. The average molecular weight is 250 g/mol. The van der Waals surface area contributed by atoms with Crippen LogP contribution in [0.1, 0.15) is 25.5 Å². The van der Waals surface area contributed by atoms with Crippen LogP contribution >= 0.6 is 0 Å². The monoisotopic (exact) mass is 250 g/mol. The molecule has 0 amide bonds. The molecule has 0 aliphatic carbocycles. The number of halogens is 1. The number of nitrogens with zero attached hydrogens (tertiary/aromatic N) is 3. The van der Waals surface area contributed by atoms with Crippen molar-refractivity contribution in [2.24, 2.45) is 5.73 Å². The Bertz CT molecular complexity index is 539. The second-order valence-electron chi connectivity index (χ2n) is 4.17. The van der Waals surface area contributed by atoms with Gasteiger partial charge in [0.05, 0.1) is 18.6 Å². The van der Waals surface area contributed by atoms with Crippen LogP contribution in [0.2, 0.25) is 0 Å². The van der Waals surface area contributed by atoms with Gasteiger partial charge in [0.15, 0.2) is 5.75 Å². The molecule has 5 nitrogen and oxygen atoms in total. The number of pyridine rings is 1. The van der Waals surface area contributed by atoms with Crippen molar-refractivity contribution < 1.29 is 9.13 Å². The number of hydrogen-bond donors (Lipinski definition) is 1. The summed E-state index contributed by atoms with van der Waals surface area (Å²) in [5.74, 6) is 0.431. The van der Waals surface area contributed by atoms with E-state index in [1.807, 2.05) is 13.8 Å². The topological polar surface area (TPSA) is 66.0 Å². The zero-order chi connectivity index (χ0) is 13.1. The minimum Gasteiger partial charge on any atom is -0.435 e. The maximum Gasteiger partial charge on any atom is 0.224 e. The van der Waals surface area contributed by atoms with Crippen molar-refractivity contribution in [3.63, 3.8) is 0 Å². The molecule has 2 aromatic rings. The molecule has 0 unspecified atom stereocenters. The lowest BCUT2D eigenvalue weighted by molar-refractivity contribution is 0.449. The summed E-state index contributed by atoms with van der Waals surface area (Å²) >= 11 is 0. The van der Waals surface area contributed by atoms with Crippen molar-refractivity contribution >= 4 is 0 Å². The molecule has 0 aliphatic heterocycles. The summed E-state index contributed by atoms with van der Waals surface area (Å²) in [5, 5.41) is 4.14. The van der Waals surface area contributed by atoms with E-state index in [4.69, 9.17) is 10.5 Å². The first kappa shape index (κ1) is 12.5. The highest BCUT2D eigenvalue weighted by molar-refractivity contribution is 5.30. The van der Waals surface area contributed by atoms with Crippen LogP contribution in [0.25, 0.3) is 0 Å². The number of rotatable bonds is 4. The lowest BCUT2D eigenvalue weighted by Crippen LogP contribution is -2.02. The van der Waals surface area contributed by atoms with Gasteiger partial charge in [-0.05, 0) is 19.9 Å². The first-order valence-corrected chi connectivity index (χ1v) is 5.66. The zero-order valence-corrected chi connectivity index (χ0v) is 10.3. The molecule has 2 aromatic heterocycles. The molecular weight excluding hydrogens is 235 g/mol. The summed E-state index contributed by atoms with van der Waals surface area (Å²) in [4.78, 5) is 3.88. The Morgan fingerprint density at radius 1 is 1.44 bits per heavy atom. The predicted molar refractivity (Wildman–Crippen MR) is 64.8 cm³/mol. The quantitative estimate of drug-likeness (QED) is 0.903. The smallest absolute Gasteiger partial charge is 0.224 e. The predicted octanol–water partition coefficient (Wildman–Crippen LogP) is 2.25. The van der Waals surface area contributed by atoms with Gasteiger partial charge < -0.3 is 10.5 Å². The van der Waals surface area contributed by atoms with Crippen molar-refractivity contribution in [1.29, 1.82) is 0 Å². The number of hydrogen-bond acceptors (Lipinski definition) is 4. The summed E-state index contributed by atoms with van der Waals surface area (Å²) < 4.78 is 20.3. The number of nitrogens with two attached hydrogens (primary N) is 1. The molecule has 0 atom stereocenters. The fourth-order valence-electron chi connectivity index (χ4n) is 1.47. The van der Waals surface area contributed by atoms with Gasteiger partial charge in [-0.2, -0.15) is 5.10 Å². The molecular formula is C12H15FN4O. The van der Waals surface area contributed by atoms with E-state index >= 15 is 0 Å². The van der Waals surface area contributed by atoms with E-state index in [-0.39, 0.29) is 12.6 Å². The van der Waals surface area contributed by atoms with Crippen molar-refractivity contribution in [2.75, 3.05) is 0 Å². The highest BCUT2D eigenvalue weighted by Crippen LogP contribution is 2.23. The molecule has 0 fully saturated rings. The van der Waals surface area contributed by atoms with Crippen molar-refractivity contribution in [1.82, 2.24) is 14.8 Å². The Morgan fingerprint density at radius 3 is 2.83 bits per heavy atom. The summed E-state index contributed by atoms with van der Waals surface area (Å²) in [6.07, 6.45) is 4.45. The van der Waals surface area contributed by atoms with Gasteiger partial charge in [0.25, 0.3) is 0 Å². The van der Waals surface area contributed by atoms with Crippen molar-refractivity contribution in [3.8, 4) is 11.6 Å². The zero-order valence-electron chi connectivity index (χ0n) is 10.3. The van der Waals surface area contributed by atoms with Gasteiger partial charge in [-0.15, -0.1) is 0 Å². The van der Waals surface area contributed by atoms with E-state index in [1.165, 1.54) is 6.07 Å². The van der Waals surface area contributed by atoms with E-state index in [0.29, 0.717) is 17.2 Å². The highest BCUT2D eigenvalue weighted by atomic mass is 19.1. The summed E-state index contributed by atoms with van der Waals surface area (Å²) in [7, 11) is 0. The minimum atomic E-state index is -0.430. The molecule has 0 bridgehead atoms. The number of ether oxygens (including phenoxy) is 1. The van der Waals surface area contributed by atoms with Crippen LogP contribution in [0.4, 0.5) is 4.39 Å². The van der Waals surface area contributed by atoms with Crippen LogP contribution < -0.4 is 10.5 Å². The normalized spacial score (nSPS) is 10.9. The minimum absolute atomic E-state index is 0.165. The molecule has 2 rings (SSSR count). The third kappa shape index (κ3) is 2.65. The standard InChI is InChI=1S/C12H15FN4O/c1-8(2)17-7-11(6-16-17)18-12-9(4-14)3-10(13)5-15-12/h3,5-8H,4,14H2,1-2H3. The molecule has 0 spiro atoms. The molecule has 18 heavy (non-hydrogen) atoms. The molecule has 0 aromatic carbocycles. The van der Waals surface area contributed by atoms with Crippen LogP contribution in [0.15, 0.2) is 24.7 Å². The fraction of sp³-hybridized carbons (Fsp3) is 0.333. The second kappa shape index (κ2) is 5.14. The first-order chi connectivity index (χ1) is 8.60. The largest absolute Gasteiger partial charge is 0.435 e.